The van der Waals surface area contributed by atoms with Crippen LogP contribution < -0.4 is 16.4 Å². The highest BCUT2D eigenvalue weighted by atomic mass is 35.5. The van der Waals surface area contributed by atoms with Crippen LogP contribution >= 0.6 is 24.0 Å². The summed E-state index contributed by atoms with van der Waals surface area (Å²) in [6.45, 7) is 4.91. The van der Waals surface area contributed by atoms with Gasteiger partial charge in [-0.25, -0.2) is 0 Å². The lowest BCUT2D eigenvalue weighted by Gasteiger charge is -2.13. The van der Waals surface area contributed by atoms with Crippen molar-refractivity contribution in [3.05, 3.63) is 74.0 Å². The fourth-order valence-corrected chi connectivity index (χ4v) is 2.94. The molecule has 6 nitrogen and oxygen atoms in total. The third-order valence-corrected chi connectivity index (χ3v) is 4.25. The number of hydrogen-bond donors (Lipinski definition) is 2. The lowest BCUT2D eigenvalue weighted by Crippen LogP contribution is -2.28. The molecule has 3 aromatic rings. The Morgan fingerprint density at radius 1 is 1.15 bits per heavy atom. The molecular formula is C19H21Cl2N3O3. The molecule has 8 heteroatoms. The van der Waals surface area contributed by atoms with E-state index in [9.17, 15) is 14.7 Å². The summed E-state index contributed by atoms with van der Waals surface area (Å²) in [5.74, 6) is 0.101. The second-order valence-corrected chi connectivity index (χ2v) is 7.04. The first-order chi connectivity index (χ1) is 12.4. The highest BCUT2D eigenvalue weighted by molar-refractivity contribution is 6.30. The van der Waals surface area contributed by atoms with E-state index in [-0.39, 0.29) is 41.5 Å². The van der Waals surface area contributed by atoms with Crippen LogP contribution in [-0.4, -0.2) is 20.6 Å². The maximum Gasteiger partial charge on any atom is 0.279 e. The molecular weight excluding hydrogens is 389 g/mol. The molecule has 0 aliphatic rings. The molecule has 0 radical (unpaired) electrons. The molecule has 0 atom stereocenters. The van der Waals surface area contributed by atoms with Crippen LogP contribution in [0.25, 0.3) is 5.52 Å². The predicted molar refractivity (Wildman–Crippen MR) is 111 cm³/mol. The topological polar surface area (TPSA) is 75.7 Å². The van der Waals surface area contributed by atoms with Crippen molar-refractivity contribution in [1.29, 1.82) is 0 Å². The summed E-state index contributed by atoms with van der Waals surface area (Å²) in [7, 11) is 0. The number of rotatable bonds is 5. The zero-order chi connectivity index (χ0) is 18.8. The number of aromatic hydroxyl groups is 1. The van der Waals surface area contributed by atoms with E-state index in [4.69, 9.17) is 11.6 Å². The smallest absolute Gasteiger partial charge is 0.279 e. The maximum absolute atomic E-state index is 12.8. The van der Waals surface area contributed by atoms with Gasteiger partial charge in [0.25, 0.3) is 11.1 Å². The first-order valence-corrected chi connectivity index (χ1v) is 8.70. The summed E-state index contributed by atoms with van der Waals surface area (Å²) in [6.07, 6.45) is 3.02. The minimum atomic E-state index is -0.447. The van der Waals surface area contributed by atoms with Gasteiger partial charge in [-0.15, -0.1) is 12.4 Å². The fraction of sp³-hybridized carbons (Fsp3) is 0.263. The Bertz CT molecular complexity index is 1070. The van der Waals surface area contributed by atoms with Gasteiger partial charge in [-0.05, 0) is 23.6 Å². The van der Waals surface area contributed by atoms with E-state index in [1.807, 2.05) is 19.9 Å². The van der Waals surface area contributed by atoms with Crippen LogP contribution in [0.15, 0.2) is 52.3 Å². The van der Waals surface area contributed by atoms with Crippen LogP contribution in [0.1, 0.15) is 19.4 Å². The third kappa shape index (κ3) is 4.46. The van der Waals surface area contributed by atoms with Crippen LogP contribution in [-0.2, 0) is 6.54 Å². The van der Waals surface area contributed by atoms with Crippen molar-refractivity contribution in [2.24, 2.45) is 5.92 Å². The van der Waals surface area contributed by atoms with Crippen LogP contribution in [0.3, 0.4) is 0 Å². The number of pyridine rings is 1. The van der Waals surface area contributed by atoms with Crippen LogP contribution in [0.5, 0.6) is 5.75 Å². The first-order valence-electron chi connectivity index (χ1n) is 8.33. The number of nitrogens with zero attached hydrogens (tertiary/aromatic N) is 2. The highest BCUT2D eigenvalue weighted by Crippen LogP contribution is 2.18. The Labute approximate surface area is 167 Å². The minimum Gasteiger partial charge on any atom is -0.505 e. The summed E-state index contributed by atoms with van der Waals surface area (Å²) in [5, 5.41) is 13.9. The molecule has 0 aliphatic carbocycles. The molecule has 144 valence electrons. The van der Waals surface area contributed by atoms with Crippen LogP contribution in [0.2, 0.25) is 5.02 Å². The van der Waals surface area contributed by atoms with Crippen molar-refractivity contribution in [2.45, 2.75) is 20.4 Å². The SMILES string of the molecule is CC(C)CNc1cc(O)c2c(=O)n(Cc3cccc(Cl)c3)ccn2c1=O.Cl. The van der Waals surface area contributed by atoms with Gasteiger partial charge in [0.2, 0.25) is 0 Å². The lowest BCUT2D eigenvalue weighted by atomic mass is 10.2. The summed E-state index contributed by atoms with van der Waals surface area (Å²) < 4.78 is 2.61. The molecule has 0 bridgehead atoms. The number of hydrogen-bond acceptors (Lipinski definition) is 4. The molecule has 0 saturated carbocycles. The van der Waals surface area contributed by atoms with E-state index in [0.717, 1.165) is 5.56 Å². The van der Waals surface area contributed by atoms with E-state index in [0.29, 0.717) is 17.5 Å². The molecule has 0 fully saturated rings. The number of anilines is 1. The van der Waals surface area contributed by atoms with E-state index >= 15 is 0 Å². The normalized spacial score (nSPS) is 10.8. The zero-order valence-corrected chi connectivity index (χ0v) is 16.5. The Morgan fingerprint density at radius 3 is 2.56 bits per heavy atom. The van der Waals surface area contributed by atoms with E-state index in [1.54, 1.807) is 18.2 Å². The molecule has 0 saturated heterocycles. The molecule has 2 N–H and O–H groups in total. The van der Waals surface area contributed by atoms with Gasteiger partial charge in [0.1, 0.15) is 11.4 Å². The molecule has 2 aromatic heterocycles. The van der Waals surface area contributed by atoms with E-state index in [1.165, 1.54) is 27.4 Å². The monoisotopic (exact) mass is 409 g/mol. The first kappa shape index (κ1) is 20.9. The van der Waals surface area contributed by atoms with Crippen molar-refractivity contribution in [3.63, 3.8) is 0 Å². The number of aromatic nitrogens is 2. The number of halogens is 2. The minimum absolute atomic E-state index is 0. The van der Waals surface area contributed by atoms with Crippen LogP contribution in [0, 0.1) is 5.92 Å². The molecule has 2 heterocycles. The number of nitrogens with one attached hydrogen (secondary N) is 1. The maximum atomic E-state index is 12.8. The van der Waals surface area contributed by atoms with Gasteiger partial charge >= 0.3 is 0 Å². The van der Waals surface area contributed by atoms with Gasteiger partial charge in [0, 0.05) is 30.0 Å². The Morgan fingerprint density at radius 2 is 1.89 bits per heavy atom. The third-order valence-electron chi connectivity index (χ3n) is 4.02. The second-order valence-electron chi connectivity index (χ2n) is 6.60. The Kier molecular flexibility index (Phi) is 6.57. The van der Waals surface area contributed by atoms with Gasteiger partial charge in [0.15, 0.2) is 5.52 Å². The lowest BCUT2D eigenvalue weighted by molar-refractivity contribution is 0.477. The van der Waals surface area contributed by atoms with E-state index in [2.05, 4.69) is 5.32 Å². The Balaban J connectivity index is 0.00000261. The number of fused-ring (bicyclic) bond motifs is 1. The average Bonchev–Trinajstić information content (AvgIpc) is 2.58. The largest absolute Gasteiger partial charge is 0.505 e. The second kappa shape index (κ2) is 8.50. The van der Waals surface area contributed by atoms with Crippen molar-refractivity contribution in [3.8, 4) is 5.75 Å². The molecule has 0 unspecified atom stereocenters. The number of benzene rings is 1. The fourth-order valence-electron chi connectivity index (χ4n) is 2.72. The molecule has 0 aliphatic heterocycles. The van der Waals surface area contributed by atoms with Gasteiger partial charge in [-0.3, -0.25) is 14.0 Å². The highest BCUT2D eigenvalue weighted by Gasteiger charge is 2.14. The predicted octanol–water partition coefficient (Wildman–Crippen LogP) is 3.36. The average molecular weight is 410 g/mol. The van der Waals surface area contributed by atoms with Gasteiger partial charge < -0.3 is 15.0 Å². The summed E-state index contributed by atoms with van der Waals surface area (Å²) >= 11 is 5.98. The summed E-state index contributed by atoms with van der Waals surface area (Å²) in [6, 6.07) is 8.49. The van der Waals surface area contributed by atoms with Gasteiger partial charge in [0.05, 0.1) is 6.54 Å². The summed E-state index contributed by atoms with van der Waals surface area (Å²) in [5.41, 5.74) is 0.249. The van der Waals surface area contributed by atoms with Crippen LogP contribution in [0.4, 0.5) is 5.69 Å². The molecule has 3 rings (SSSR count). The van der Waals surface area contributed by atoms with Crippen molar-refractivity contribution in [2.75, 3.05) is 11.9 Å². The molecule has 27 heavy (non-hydrogen) atoms. The van der Waals surface area contributed by atoms with Crippen molar-refractivity contribution >= 4 is 35.2 Å². The zero-order valence-electron chi connectivity index (χ0n) is 15.0. The summed E-state index contributed by atoms with van der Waals surface area (Å²) in [4.78, 5) is 25.3. The van der Waals surface area contributed by atoms with E-state index < -0.39 is 5.56 Å². The Hall–Kier alpha value is -2.44. The van der Waals surface area contributed by atoms with Crippen molar-refractivity contribution in [1.82, 2.24) is 8.97 Å². The molecule has 0 spiro atoms. The standard InChI is InChI=1S/C19H20ClN3O3.ClH/c1-12(2)10-21-15-9-16(24)17-19(26)22(6-7-23(17)18(15)25)11-13-4-3-5-14(20)8-13;/h3-9,12,21,24H,10-11H2,1-2H3;1H. The molecule has 0 amide bonds. The van der Waals surface area contributed by atoms with Gasteiger partial charge in [-0.2, -0.15) is 0 Å². The van der Waals surface area contributed by atoms with Gasteiger partial charge in [-0.1, -0.05) is 37.6 Å². The van der Waals surface area contributed by atoms with Crippen molar-refractivity contribution < 1.29 is 5.11 Å². The quantitative estimate of drug-likeness (QED) is 0.677. The molecule has 1 aromatic carbocycles.